The molecule has 2 N–H and O–H groups in total. The zero-order chi connectivity index (χ0) is 24.6. The monoisotopic (exact) mass is 487 g/mol. The van der Waals surface area contributed by atoms with Crippen molar-refractivity contribution in [3.05, 3.63) is 54.1 Å². The molecular formula is C25H29NO7S. The quantitative estimate of drug-likeness (QED) is 0.487. The minimum absolute atomic E-state index is 0.0658. The van der Waals surface area contributed by atoms with Crippen LogP contribution in [0.25, 0.3) is 0 Å². The Bertz CT molecular complexity index is 1190. The van der Waals surface area contributed by atoms with Gasteiger partial charge in [0.25, 0.3) is 0 Å². The number of carboxylic acid groups (broad SMARTS) is 1. The Morgan fingerprint density at radius 1 is 1.09 bits per heavy atom. The van der Waals surface area contributed by atoms with Gasteiger partial charge in [0.2, 0.25) is 10.0 Å². The Hall–Kier alpha value is -3.07. The van der Waals surface area contributed by atoms with Gasteiger partial charge in [0, 0.05) is 12.1 Å². The van der Waals surface area contributed by atoms with Crippen LogP contribution in [0.5, 0.6) is 11.5 Å². The first-order valence-electron chi connectivity index (χ1n) is 11.3. The molecule has 0 aliphatic heterocycles. The first-order chi connectivity index (χ1) is 16.0. The maximum Gasteiger partial charge on any atom is 0.339 e. The minimum Gasteiger partial charge on any atom is -0.490 e. The summed E-state index contributed by atoms with van der Waals surface area (Å²) < 4.78 is 39.6. The molecule has 2 aliphatic carbocycles. The van der Waals surface area contributed by atoms with Crippen molar-refractivity contribution in [1.82, 2.24) is 0 Å². The topological polar surface area (TPSA) is 119 Å². The van der Waals surface area contributed by atoms with E-state index in [1.165, 1.54) is 6.07 Å². The first kappa shape index (κ1) is 24.1. The van der Waals surface area contributed by atoms with Crippen molar-refractivity contribution in [3.63, 3.8) is 0 Å². The van der Waals surface area contributed by atoms with E-state index in [4.69, 9.17) is 9.47 Å². The second kappa shape index (κ2) is 8.94. The molecule has 182 valence electrons. The van der Waals surface area contributed by atoms with Crippen LogP contribution in [-0.2, 0) is 14.8 Å². The molecule has 9 heteroatoms. The summed E-state index contributed by atoms with van der Waals surface area (Å²) in [5, 5.41) is 9.18. The van der Waals surface area contributed by atoms with E-state index in [1.807, 2.05) is 13.8 Å². The number of carbonyl (C=O) groups excluding carboxylic acids is 1. The van der Waals surface area contributed by atoms with Gasteiger partial charge >= 0.3 is 5.97 Å². The van der Waals surface area contributed by atoms with E-state index in [-0.39, 0.29) is 47.4 Å². The van der Waals surface area contributed by atoms with Gasteiger partial charge in [-0.3, -0.25) is 9.52 Å². The van der Waals surface area contributed by atoms with E-state index in [0.717, 1.165) is 6.42 Å². The molecule has 0 saturated heterocycles. The highest BCUT2D eigenvalue weighted by atomic mass is 32.2. The van der Waals surface area contributed by atoms with Crippen LogP contribution in [-0.4, -0.2) is 44.2 Å². The Morgan fingerprint density at radius 3 is 2.38 bits per heavy atom. The predicted octanol–water partition coefficient (Wildman–Crippen LogP) is 3.98. The summed E-state index contributed by atoms with van der Waals surface area (Å²) in [7, 11) is -3.72. The highest BCUT2D eigenvalue weighted by Gasteiger charge is 2.65. The van der Waals surface area contributed by atoms with E-state index in [1.54, 1.807) is 42.5 Å². The van der Waals surface area contributed by atoms with Crippen LogP contribution in [0.2, 0.25) is 0 Å². The number of carboxylic acids is 1. The number of para-hydroxylation sites is 1. The molecule has 0 spiro atoms. The van der Waals surface area contributed by atoms with E-state index in [0.29, 0.717) is 24.3 Å². The number of aromatic carboxylic acids is 1. The number of rotatable bonds is 10. The second-order valence-electron chi connectivity index (χ2n) is 9.55. The van der Waals surface area contributed by atoms with Gasteiger partial charge in [0.15, 0.2) is 0 Å². The molecule has 8 nitrogen and oxygen atoms in total. The molecule has 0 radical (unpaired) electrons. The zero-order valence-electron chi connectivity index (χ0n) is 19.2. The Kier molecular flexibility index (Phi) is 6.33. The lowest BCUT2D eigenvalue weighted by Crippen LogP contribution is -2.43. The van der Waals surface area contributed by atoms with Crippen LogP contribution in [0.4, 0.5) is 5.69 Å². The number of ether oxygens (including phenoxy) is 2. The van der Waals surface area contributed by atoms with Gasteiger partial charge in [0.1, 0.15) is 36.1 Å². The van der Waals surface area contributed by atoms with Crippen LogP contribution < -0.4 is 14.2 Å². The fraction of sp³-hybridized carbons (Fsp3) is 0.440. The summed E-state index contributed by atoms with van der Waals surface area (Å²) in [5.41, 5.74) is -0.655. The van der Waals surface area contributed by atoms with Crippen molar-refractivity contribution in [2.75, 3.05) is 23.7 Å². The number of hydrogen-bond donors (Lipinski definition) is 2. The molecule has 2 saturated carbocycles. The molecule has 0 amide bonds. The Balaban J connectivity index is 1.31. The molecule has 2 aromatic carbocycles. The molecule has 2 unspecified atom stereocenters. The van der Waals surface area contributed by atoms with Crippen LogP contribution in [0, 0.1) is 16.7 Å². The number of sulfonamides is 1. The molecular weight excluding hydrogens is 458 g/mol. The lowest BCUT2D eigenvalue weighted by atomic mass is 9.70. The van der Waals surface area contributed by atoms with E-state index in [2.05, 4.69) is 4.72 Å². The van der Waals surface area contributed by atoms with Crippen molar-refractivity contribution in [1.29, 1.82) is 0 Å². The highest BCUT2D eigenvalue weighted by Crippen LogP contribution is 2.64. The number of nitrogens with one attached hydrogen (secondary N) is 1. The average Bonchev–Trinajstić information content (AvgIpc) is 3.12. The third-order valence-corrected chi connectivity index (χ3v) is 8.85. The lowest BCUT2D eigenvalue weighted by molar-refractivity contribution is -0.128. The van der Waals surface area contributed by atoms with Crippen molar-refractivity contribution >= 4 is 27.5 Å². The average molecular weight is 488 g/mol. The summed E-state index contributed by atoms with van der Waals surface area (Å²) in [4.78, 5) is 23.9. The van der Waals surface area contributed by atoms with E-state index in [9.17, 15) is 23.1 Å². The van der Waals surface area contributed by atoms with Crippen molar-refractivity contribution in [2.45, 2.75) is 33.1 Å². The van der Waals surface area contributed by atoms with E-state index < -0.39 is 21.4 Å². The normalized spacial score (nSPS) is 23.0. The Labute approximate surface area is 199 Å². The van der Waals surface area contributed by atoms with Crippen LogP contribution in [0.15, 0.2) is 48.5 Å². The number of anilines is 1. The molecule has 2 atom stereocenters. The molecule has 2 fully saturated rings. The van der Waals surface area contributed by atoms with Gasteiger partial charge in [-0.15, -0.1) is 0 Å². The smallest absolute Gasteiger partial charge is 0.339 e. The molecule has 0 aromatic heterocycles. The lowest BCUT2D eigenvalue weighted by Gasteiger charge is -2.36. The van der Waals surface area contributed by atoms with Crippen molar-refractivity contribution in [3.8, 4) is 11.5 Å². The van der Waals surface area contributed by atoms with Crippen molar-refractivity contribution in [2.24, 2.45) is 16.7 Å². The van der Waals surface area contributed by atoms with Crippen molar-refractivity contribution < 1.29 is 32.6 Å². The third-order valence-electron chi connectivity index (χ3n) is 7.43. The van der Waals surface area contributed by atoms with Gasteiger partial charge in [-0.25, -0.2) is 13.2 Å². The van der Waals surface area contributed by atoms with Gasteiger partial charge in [-0.05, 0) is 60.6 Å². The summed E-state index contributed by atoms with van der Waals surface area (Å²) >= 11 is 0. The van der Waals surface area contributed by atoms with E-state index >= 15 is 0 Å². The number of carbonyl (C=O) groups is 2. The molecule has 0 heterocycles. The Morgan fingerprint density at radius 2 is 1.76 bits per heavy atom. The maximum absolute atomic E-state index is 12.9. The zero-order valence-corrected chi connectivity index (χ0v) is 20.1. The number of Topliss-reactive ketones (excluding diaryl/α,β-unsaturated/α-hetero) is 1. The second-order valence-corrected chi connectivity index (χ2v) is 11.3. The molecule has 4 rings (SSSR count). The SMILES string of the molecule is CC1(C)C2CCC1(CS(=O)(=O)Nc1ccc(OCCOc3ccccc3C(=O)O)cc1)C(=O)C2. The van der Waals surface area contributed by atoms with Gasteiger partial charge in [-0.1, -0.05) is 26.0 Å². The largest absolute Gasteiger partial charge is 0.490 e. The fourth-order valence-corrected chi connectivity index (χ4v) is 7.24. The van der Waals surface area contributed by atoms with Crippen LogP contribution >= 0.6 is 0 Å². The summed E-state index contributed by atoms with van der Waals surface area (Å²) in [6, 6.07) is 12.8. The highest BCUT2D eigenvalue weighted by molar-refractivity contribution is 7.92. The van der Waals surface area contributed by atoms with Gasteiger partial charge in [-0.2, -0.15) is 0 Å². The minimum atomic E-state index is -3.72. The molecule has 2 aliphatic rings. The standard InChI is InChI=1S/C25H29NO7S/c1-24(2)17-11-12-25(24,22(27)15-17)16-34(30,31)26-18-7-9-19(10-8-18)32-13-14-33-21-6-4-3-5-20(21)23(28)29/h3-10,17,26H,11-16H2,1-2H3,(H,28,29). The third kappa shape index (κ3) is 4.49. The van der Waals surface area contributed by atoms with Gasteiger partial charge in [0.05, 0.1) is 11.2 Å². The summed E-state index contributed by atoms with van der Waals surface area (Å²) in [6.45, 7) is 4.36. The molecule has 2 bridgehead atoms. The van der Waals surface area contributed by atoms with Gasteiger partial charge < -0.3 is 14.6 Å². The molecule has 34 heavy (non-hydrogen) atoms. The first-order valence-corrected chi connectivity index (χ1v) is 12.9. The van der Waals surface area contributed by atoms with Crippen LogP contribution in [0.3, 0.4) is 0 Å². The molecule has 2 aromatic rings. The number of benzene rings is 2. The number of fused-ring (bicyclic) bond motifs is 2. The number of ketones is 1. The number of hydrogen-bond acceptors (Lipinski definition) is 6. The maximum atomic E-state index is 12.9. The fourth-order valence-electron chi connectivity index (χ4n) is 5.35. The summed E-state index contributed by atoms with van der Waals surface area (Å²) in [5.74, 6) is -0.162. The van der Waals surface area contributed by atoms with Crippen LogP contribution in [0.1, 0.15) is 43.5 Å². The summed E-state index contributed by atoms with van der Waals surface area (Å²) in [6.07, 6.45) is 1.99. The predicted molar refractivity (Wildman–Crippen MR) is 127 cm³/mol.